The molecule has 0 aliphatic rings. The van der Waals surface area contributed by atoms with Gasteiger partial charge in [0.15, 0.2) is 11.6 Å². The van der Waals surface area contributed by atoms with Crippen molar-refractivity contribution >= 4 is 11.6 Å². The number of aromatic nitrogens is 6. The molecule has 11 nitrogen and oxygen atoms in total. The molecule has 2 rings (SSSR count). The number of unbranched alkanes of at least 4 members (excludes halogenated alkanes) is 2. The summed E-state index contributed by atoms with van der Waals surface area (Å²) in [6.07, 6.45) is 4.58. The van der Waals surface area contributed by atoms with Crippen LogP contribution in [0.3, 0.4) is 0 Å². The van der Waals surface area contributed by atoms with Crippen LogP contribution in [0, 0.1) is 22.7 Å². The third-order valence-electron chi connectivity index (χ3n) is 3.76. The molecule has 0 saturated heterocycles. The van der Waals surface area contributed by atoms with Crippen LogP contribution in [0.4, 0.5) is 11.6 Å². The lowest BCUT2D eigenvalue weighted by Crippen LogP contribution is -2.10. The predicted molar refractivity (Wildman–Crippen MR) is 99.0 cm³/mol. The number of rotatable bonds is 8. The lowest BCUT2D eigenvalue weighted by atomic mass is 10.1. The van der Waals surface area contributed by atoms with Gasteiger partial charge in [-0.2, -0.15) is 15.3 Å². The van der Waals surface area contributed by atoms with Gasteiger partial charge >= 0.3 is 0 Å². The molecule has 0 aliphatic heterocycles. The van der Waals surface area contributed by atoms with Gasteiger partial charge in [-0.25, -0.2) is 4.68 Å². The molecule has 2 aromatic rings. The average molecular weight is 374 g/mol. The maximum atomic E-state index is 8.68. The van der Waals surface area contributed by atoms with Gasteiger partial charge < -0.3 is 16.2 Å². The summed E-state index contributed by atoms with van der Waals surface area (Å²) in [4.78, 5) is 1.34. The fourth-order valence-electron chi connectivity index (χ4n) is 2.23. The normalized spacial score (nSPS) is 11.1. The van der Waals surface area contributed by atoms with E-state index in [4.69, 9.17) is 26.7 Å². The molecular formula is C16H26N10O. The van der Waals surface area contributed by atoms with Crippen molar-refractivity contribution in [2.75, 3.05) is 25.2 Å². The molecule has 2 aromatic heterocycles. The fourth-order valence-corrected chi connectivity index (χ4v) is 2.23. The number of hydrogen-bond donors (Lipinski definition) is 2. The lowest BCUT2D eigenvalue weighted by molar-refractivity contribution is 0.179. The number of methoxy groups -OCH3 is 1. The molecule has 1 unspecified atom stereocenters. The van der Waals surface area contributed by atoms with Crippen LogP contribution in [0.1, 0.15) is 57.0 Å². The molecule has 0 saturated carbocycles. The van der Waals surface area contributed by atoms with Crippen molar-refractivity contribution in [1.29, 1.82) is 10.5 Å². The van der Waals surface area contributed by atoms with Gasteiger partial charge in [-0.05, 0) is 13.3 Å². The zero-order chi connectivity index (χ0) is 20.2. The summed E-state index contributed by atoms with van der Waals surface area (Å²) in [7, 11) is 1.58. The summed E-state index contributed by atoms with van der Waals surface area (Å²) in [5.41, 5.74) is 11.5. The van der Waals surface area contributed by atoms with E-state index < -0.39 is 0 Å². The Morgan fingerprint density at radius 2 is 1.85 bits per heavy atom. The van der Waals surface area contributed by atoms with Crippen LogP contribution in [-0.4, -0.2) is 43.7 Å². The predicted octanol–water partition coefficient (Wildman–Crippen LogP) is 1.25. The molecule has 0 bridgehead atoms. The Morgan fingerprint density at radius 3 is 2.37 bits per heavy atom. The highest BCUT2D eigenvalue weighted by Gasteiger charge is 2.13. The van der Waals surface area contributed by atoms with Crippen molar-refractivity contribution in [3.8, 4) is 12.1 Å². The van der Waals surface area contributed by atoms with Gasteiger partial charge in [-0.3, -0.25) is 0 Å². The van der Waals surface area contributed by atoms with E-state index in [1.54, 1.807) is 11.8 Å². The van der Waals surface area contributed by atoms with Crippen LogP contribution in [0.2, 0.25) is 0 Å². The van der Waals surface area contributed by atoms with Crippen molar-refractivity contribution in [3.05, 3.63) is 11.4 Å². The zero-order valence-electron chi connectivity index (χ0n) is 16.0. The van der Waals surface area contributed by atoms with Crippen LogP contribution in [0.25, 0.3) is 0 Å². The number of nitriles is 2. The minimum Gasteiger partial charge on any atom is -0.383 e. The number of anilines is 2. The molecule has 11 heteroatoms. The second-order valence-electron chi connectivity index (χ2n) is 5.86. The Hall–Kier alpha value is -3.18. The number of nitrogen functional groups attached to an aromatic ring is 2. The monoisotopic (exact) mass is 374 g/mol. The standard InChI is InChI=1S/C10H17N5.C6H9N5O/c1-3-4-5-6-8(2)15-10(12)9(7-11)13-14-15;1-12-3-2-11-9-5(4-7)6(8)10-11/h8H,3-6,12H2,1-2H3;2-3H2,1H3,(H2,8,10). The molecule has 0 aromatic carbocycles. The largest absolute Gasteiger partial charge is 0.383 e. The van der Waals surface area contributed by atoms with Crippen LogP contribution >= 0.6 is 0 Å². The second-order valence-corrected chi connectivity index (χ2v) is 5.86. The Balaban J connectivity index is 0.000000277. The molecule has 4 N–H and O–H groups in total. The molecule has 0 radical (unpaired) electrons. The molecule has 0 aliphatic carbocycles. The number of nitrogens with two attached hydrogens (primary N) is 2. The second kappa shape index (κ2) is 11.4. The van der Waals surface area contributed by atoms with E-state index in [2.05, 4.69) is 27.4 Å². The van der Waals surface area contributed by atoms with E-state index in [0.29, 0.717) is 19.0 Å². The Kier molecular flexibility index (Phi) is 9.26. The molecule has 0 amide bonds. The third-order valence-corrected chi connectivity index (χ3v) is 3.76. The first kappa shape index (κ1) is 21.9. The first-order valence-corrected chi connectivity index (χ1v) is 8.68. The Labute approximate surface area is 158 Å². The van der Waals surface area contributed by atoms with Crippen LogP contribution in [-0.2, 0) is 11.3 Å². The number of hydrogen-bond acceptors (Lipinski definition) is 9. The summed E-state index contributed by atoms with van der Waals surface area (Å²) in [5.74, 6) is 0.537. The summed E-state index contributed by atoms with van der Waals surface area (Å²) in [6.45, 7) is 5.21. The summed E-state index contributed by atoms with van der Waals surface area (Å²) >= 11 is 0. The van der Waals surface area contributed by atoms with E-state index >= 15 is 0 Å². The van der Waals surface area contributed by atoms with E-state index in [0.717, 1.165) is 12.8 Å². The van der Waals surface area contributed by atoms with E-state index in [9.17, 15) is 0 Å². The minimum atomic E-state index is 0.158. The molecule has 2 heterocycles. The van der Waals surface area contributed by atoms with E-state index in [1.165, 1.54) is 17.6 Å². The first-order valence-electron chi connectivity index (χ1n) is 8.68. The van der Waals surface area contributed by atoms with Gasteiger partial charge in [0, 0.05) is 7.11 Å². The average Bonchev–Trinajstić information content (AvgIpc) is 3.22. The van der Waals surface area contributed by atoms with Crippen molar-refractivity contribution in [3.63, 3.8) is 0 Å². The van der Waals surface area contributed by atoms with E-state index in [1.807, 2.05) is 19.1 Å². The maximum absolute atomic E-state index is 8.68. The zero-order valence-corrected chi connectivity index (χ0v) is 16.0. The van der Waals surface area contributed by atoms with Crippen molar-refractivity contribution < 1.29 is 4.74 Å². The van der Waals surface area contributed by atoms with Crippen LogP contribution in [0.5, 0.6) is 0 Å². The first-order chi connectivity index (χ1) is 13.0. The Morgan fingerprint density at radius 1 is 1.15 bits per heavy atom. The van der Waals surface area contributed by atoms with Gasteiger partial charge in [0.1, 0.15) is 12.1 Å². The van der Waals surface area contributed by atoms with E-state index in [-0.39, 0.29) is 23.2 Å². The number of ether oxygens (including phenoxy) is 1. The minimum absolute atomic E-state index is 0.158. The molecular weight excluding hydrogens is 348 g/mol. The molecule has 0 spiro atoms. The quantitative estimate of drug-likeness (QED) is 0.645. The lowest BCUT2D eigenvalue weighted by Gasteiger charge is -2.11. The fraction of sp³-hybridized carbons (Fsp3) is 0.625. The van der Waals surface area contributed by atoms with Crippen molar-refractivity contribution in [2.45, 2.75) is 52.1 Å². The molecule has 1 atom stereocenters. The van der Waals surface area contributed by atoms with Crippen LogP contribution in [0.15, 0.2) is 0 Å². The highest BCUT2D eigenvalue weighted by atomic mass is 16.5. The van der Waals surface area contributed by atoms with Crippen molar-refractivity contribution in [2.24, 2.45) is 0 Å². The summed E-state index contributed by atoms with van der Waals surface area (Å²) < 4.78 is 6.44. The van der Waals surface area contributed by atoms with Gasteiger partial charge in [-0.1, -0.05) is 31.4 Å². The number of nitrogens with zero attached hydrogens (tertiary/aromatic N) is 8. The third kappa shape index (κ3) is 6.56. The summed E-state index contributed by atoms with van der Waals surface area (Å²) in [6, 6.07) is 3.96. The Bertz CT molecular complexity index is 782. The highest BCUT2D eigenvalue weighted by Crippen LogP contribution is 2.18. The van der Waals surface area contributed by atoms with Crippen molar-refractivity contribution in [1.82, 2.24) is 30.0 Å². The molecule has 27 heavy (non-hydrogen) atoms. The highest BCUT2D eigenvalue weighted by molar-refractivity contribution is 5.42. The van der Waals surface area contributed by atoms with Gasteiger partial charge in [0.2, 0.25) is 11.4 Å². The molecule has 146 valence electrons. The maximum Gasteiger partial charge on any atom is 0.206 e. The molecule has 0 fully saturated rings. The summed E-state index contributed by atoms with van der Waals surface area (Å²) in [5, 5.41) is 32.4. The van der Waals surface area contributed by atoms with Gasteiger partial charge in [0.05, 0.1) is 19.2 Å². The SMILES string of the molecule is CCCCCC(C)n1nnc(C#N)c1N.COCCn1nc(N)c(C#N)n1. The van der Waals surface area contributed by atoms with Gasteiger partial charge in [-0.15, -0.1) is 15.3 Å². The van der Waals surface area contributed by atoms with Crippen LogP contribution < -0.4 is 11.5 Å². The topological polar surface area (TPSA) is 170 Å². The smallest absolute Gasteiger partial charge is 0.206 e. The van der Waals surface area contributed by atoms with Gasteiger partial charge in [0.25, 0.3) is 0 Å².